The number of ether oxygens (including phenoxy) is 2. The molecule has 0 bridgehead atoms. The van der Waals surface area contributed by atoms with Crippen LogP contribution in [0.25, 0.3) is 0 Å². The Hall–Kier alpha value is -4.00. The summed E-state index contributed by atoms with van der Waals surface area (Å²) in [4.78, 5) is 22.8. The minimum Gasteiger partial charge on any atom is -0.489 e. The maximum Gasteiger partial charge on any atom is 0.316 e. The highest BCUT2D eigenvalue weighted by Crippen LogP contribution is 2.18. The number of carbonyl (C=O) groups is 2. The molecule has 0 heterocycles. The van der Waals surface area contributed by atoms with Crippen LogP contribution in [0.4, 0.5) is 10.5 Å². The van der Waals surface area contributed by atoms with E-state index < -0.39 is 6.03 Å². The number of carbonyl (C=O) groups excluding carboxylic acids is 2. The molecule has 0 unspecified atom stereocenters. The van der Waals surface area contributed by atoms with Crippen molar-refractivity contribution in [3.8, 4) is 11.5 Å². The van der Waals surface area contributed by atoms with Gasteiger partial charge in [-0.1, -0.05) is 42.5 Å². The molecule has 30 heavy (non-hydrogen) atoms. The summed E-state index contributed by atoms with van der Waals surface area (Å²) >= 11 is 0. The molecule has 0 saturated heterocycles. The molecule has 4 N–H and O–H groups in total. The van der Waals surface area contributed by atoms with E-state index in [2.05, 4.69) is 10.6 Å². The minimum absolute atomic E-state index is 0.0917. The number of nitrogens with two attached hydrogens (primary N) is 1. The molecule has 3 aromatic rings. The SMILES string of the molecule is NC(=O)Nc1ccc(CNC(=O)COc2ccc(OCc3ccccc3)cc2)cc1. The summed E-state index contributed by atoms with van der Waals surface area (Å²) in [5.74, 6) is 1.07. The predicted molar refractivity (Wildman–Crippen MR) is 114 cm³/mol. The van der Waals surface area contributed by atoms with Crippen LogP contribution >= 0.6 is 0 Å². The van der Waals surface area contributed by atoms with Crippen LogP contribution in [-0.4, -0.2) is 18.5 Å². The zero-order chi connectivity index (χ0) is 21.2. The molecular weight excluding hydrogens is 382 g/mol. The van der Waals surface area contributed by atoms with Gasteiger partial charge in [0.25, 0.3) is 5.91 Å². The average molecular weight is 405 g/mol. The molecule has 7 nitrogen and oxygen atoms in total. The van der Waals surface area contributed by atoms with Gasteiger partial charge in [0.05, 0.1) is 0 Å². The van der Waals surface area contributed by atoms with Crippen LogP contribution < -0.4 is 25.8 Å². The number of nitrogens with one attached hydrogen (secondary N) is 2. The smallest absolute Gasteiger partial charge is 0.316 e. The first-order valence-electron chi connectivity index (χ1n) is 9.40. The Balaban J connectivity index is 1.38. The quantitative estimate of drug-likeness (QED) is 0.507. The molecule has 7 heteroatoms. The topological polar surface area (TPSA) is 103 Å². The average Bonchev–Trinajstić information content (AvgIpc) is 2.77. The highest BCUT2D eigenvalue weighted by molar-refractivity contribution is 5.87. The number of benzene rings is 3. The molecule has 0 aliphatic heterocycles. The van der Waals surface area contributed by atoms with Gasteiger partial charge in [0, 0.05) is 12.2 Å². The van der Waals surface area contributed by atoms with Crippen molar-refractivity contribution in [2.45, 2.75) is 13.2 Å². The van der Waals surface area contributed by atoms with E-state index in [-0.39, 0.29) is 12.5 Å². The molecule has 3 aromatic carbocycles. The highest BCUT2D eigenvalue weighted by atomic mass is 16.5. The maximum atomic E-state index is 12.0. The Morgan fingerprint density at radius 1 is 0.767 bits per heavy atom. The van der Waals surface area contributed by atoms with Crippen molar-refractivity contribution in [3.05, 3.63) is 90.0 Å². The first kappa shape index (κ1) is 20.7. The van der Waals surface area contributed by atoms with Gasteiger partial charge >= 0.3 is 6.03 Å². The monoisotopic (exact) mass is 405 g/mol. The molecule has 0 radical (unpaired) electrons. The van der Waals surface area contributed by atoms with E-state index in [1.807, 2.05) is 30.3 Å². The van der Waals surface area contributed by atoms with E-state index in [1.54, 1.807) is 48.5 Å². The third kappa shape index (κ3) is 6.87. The number of hydrogen-bond acceptors (Lipinski definition) is 4. The van der Waals surface area contributed by atoms with E-state index in [4.69, 9.17) is 15.2 Å². The lowest BCUT2D eigenvalue weighted by molar-refractivity contribution is -0.123. The number of hydrogen-bond donors (Lipinski definition) is 3. The van der Waals surface area contributed by atoms with Gasteiger partial charge in [0.2, 0.25) is 0 Å². The molecule has 0 aliphatic carbocycles. The van der Waals surface area contributed by atoms with E-state index in [0.717, 1.165) is 16.9 Å². The Kier molecular flexibility index (Phi) is 7.27. The van der Waals surface area contributed by atoms with Crippen molar-refractivity contribution in [1.29, 1.82) is 0 Å². The number of urea groups is 1. The second-order valence-electron chi connectivity index (χ2n) is 6.50. The van der Waals surface area contributed by atoms with Crippen molar-refractivity contribution in [2.75, 3.05) is 11.9 Å². The van der Waals surface area contributed by atoms with Gasteiger partial charge in [-0.05, 0) is 47.5 Å². The third-order valence-electron chi connectivity index (χ3n) is 4.15. The van der Waals surface area contributed by atoms with Crippen LogP contribution in [0.15, 0.2) is 78.9 Å². The van der Waals surface area contributed by atoms with Gasteiger partial charge in [-0.25, -0.2) is 4.79 Å². The fourth-order valence-electron chi connectivity index (χ4n) is 2.62. The summed E-state index contributed by atoms with van der Waals surface area (Å²) in [6.45, 7) is 0.750. The zero-order valence-corrected chi connectivity index (χ0v) is 16.3. The fourth-order valence-corrected chi connectivity index (χ4v) is 2.62. The molecule has 0 spiro atoms. The van der Waals surface area contributed by atoms with E-state index >= 15 is 0 Å². The van der Waals surface area contributed by atoms with Crippen molar-refractivity contribution in [3.63, 3.8) is 0 Å². The summed E-state index contributed by atoms with van der Waals surface area (Å²) in [6, 6.07) is 23.4. The van der Waals surface area contributed by atoms with Gasteiger partial charge in [-0.3, -0.25) is 4.79 Å². The molecule has 0 aliphatic rings. The van der Waals surface area contributed by atoms with Gasteiger partial charge in [0.15, 0.2) is 6.61 Å². The van der Waals surface area contributed by atoms with E-state index in [9.17, 15) is 9.59 Å². The Labute approximate surface area is 174 Å². The lowest BCUT2D eigenvalue weighted by Gasteiger charge is -2.10. The van der Waals surface area contributed by atoms with Crippen LogP contribution in [0.3, 0.4) is 0 Å². The van der Waals surface area contributed by atoms with Crippen molar-refractivity contribution < 1.29 is 19.1 Å². The van der Waals surface area contributed by atoms with Crippen molar-refractivity contribution >= 4 is 17.6 Å². The Morgan fingerprint density at radius 3 is 2.03 bits per heavy atom. The molecule has 154 valence electrons. The second kappa shape index (κ2) is 10.5. The summed E-state index contributed by atoms with van der Waals surface area (Å²) in [7, 11) is 0. The summed E-state index contributed by atoms with van der Waals surface area (Å²) in [6.07, 6.45) is 0. The zero-order valence-electron chi connectivity index (χ0n) is 16.3. The van der Waals surface area contributed by atoms with Crippen molar-refractivity contribution in [2.24, 2.45) is 5.73 Å². The van der Waals surface area contributed by atoms with Crippen LogP contribution in [0.2, 0.25) is 0 Å². The van der Waals surface area contributed by atoms with Crippen LogP contribution in [-0.2, 0) is 17.9 Å². The van der Waals surface area contributed by atoms with E-state index in [1.165, 1.54) is 0 Å². The van der Waals surface area contributed by atoms with Crippen LogP contribution in [0, 0.1) is 0 Å². The number of amides is 3. The number of anilines is 1. The molecule has 0 fully saturated rings. The van der Waals surface area contributed by atoms with Gasteiger partial charge < -0.3 is 25.8 Å². The van der Waals surface area contributed by atoms with Gasteiger partial charge in [0.1, 0.15) is 18.1 Å². The summed E-state index contributed by atoms with van der Waals surface area (Å²) < 4.78 is 11.2. The number of rotatable bonds is 9. The Morgan fingerprint density at radius 2 is 1.40 bits per heavy atom. The molecule has 0 aromatic heterocycles. The fraction of sp³-hybridized carbons (Fsp3) is 0.130. The van der Waals surface area contributed by atoms with E-state index in [0.29, 0.717) is 24.6 Å². The first-order chi connectivity index (χ1) is 14.6. The second-order valence-corrected chi connectivity index (χ2v) is 6.50. The summed E-state index contributed by atoms with van der Waals surface area (Å²) in [5, 5.41) is 5.26. The molecule has 3 amide bonds. The van der Waals surface area contributed by atoms with Crippen LogP contribution in [0.5, 0.6) is 11.5 Å². The van der Waals surface area contributed by atoms with Gasteiger partial charge in [-0.15, -0.1) is 0 Å². The molecule has 3 rings (SSSR count). The first-order valence-corrected chi connectivity index (χ1v) is 9.40. The highest BCUT2D eigenvalue weighted by Gasteiger charge is 2.04. The lowest BCUT2D eigenvalue weighted by atomic mass is 10.2. The minimum atomic E-state index is -0.621. The predicted octanol–water partition coefficient (Wildman–Crippen LogP) is 3.45. The normalized spacial score (nSPS) is 10.1. The summed E-state index contributed by atoms with van der Waals surface area (Å²) in [5.41, 5.74) is 7.63. The number of primary amides is 1. The Bertz CT molecular complexity index is 958. The molecule has 0 saturated carbocycles. The van der Waals surface area contributed by atoms with Crippen LogP contribution in [0.1, 0.15) is 11.1 Å². The maximum absolute atomic E-state index is 12.0. The third-order valence-corrected chi connectivity index (χ3v) is 4.15. The standard InChI is InChI=1S/C23H23N3O4/c24-23(28)26-19-8-6-17(7-9-19)14-25-22(27)16-30-21-12-10-20(11-13-21)29-15-18-4-2-1-3-5-18/h1-13H,14-16H2,(H,25,27)(H3,24,26,28). The van der Waals surface area contributed by atoms with Gasteiger partial charge in [-0.2, -0.15) is 0 Å². The molecular formula is C23H23N3O4. The lowest BCUT2D eigenvalue weighted by Crippen LogP contribution is -2.28. The van der Waals surface area contributed by atoms with Crippen molar-refractivity contribution in [1.82, 2.24) is 5.32 Å². The largest absolute Gasteiger partial charge is 0.489 e. The molecule has 0 atom stereocenters.